The number of hydrogen-bond donors (Lipinski definition) is 1. The Kier molecular flexibility index (Phi) is 2.66. The summed E-state index contributed by atoms with van der Waals surface area (Å²) < 4.78 is 26.2. The van der Waals surface area contributed by atoms with Crippen LogP contribution in [0.25, 0.3) is 0 Å². The fourth-order valence-electron chi connectivity index (χ4n) is 1.23. The third-order valence-electron chi connectivity index (χ3n) is 2.20. The first-order valence-electron chi connectivity index (χ1n) is 4.04. The number of benzene rings is 1. The average molecular weight is 186 g/mol. The van der Waals surface area contributed by atoms with E-state index in [9.17, 15) is 8.78 Å². The number of aryl methyl sites for hydroxylation is 1. The lowest BCUT2D eigenvalue weighted by molar-refractivity contribution is -0.0561. The van der Waals surface area contributed by atoms with Crippen LogP contribution in [0.15, 0.2) is 18.2 Å². The molecule has 0 aliphatic rings. The molecular weight excluding hydrogens is 174 g/mol. The largest absolute Gasteiger partial charge is 0.390 e. The number of halogens is 2. The molecule has 1 N–H and O–H groups in total. The van der Waals surface area contributed by atoms with Gasteiger partial charge in [-0.2, -0.15) is 8.78 Å². The highest BCUT2D eigenvalue weighted by molar-refractivity contribution is 5.36. The van der Waals surface area contributed by atoms with Crippen molar-refractivity contribution in [3.63, 3.8) is 0 Å². The van der Waals surface area contributed by atoms with Crippen LogP contribution in [0, 0.1) is 13.8 Å². The average Bonchev–Trinajstić information content (AvgIpc) is 2.09. The first-order chi connectivity index (χ1) is 5.99. The van der Waals surface area contributed by atoms with Gasteiger partial charge >= 0.3 is 0 Å². The van der Waals surface area contributed by atoms with Gasteiger partial charge in [-0.3, -0.25) is 0 Å². The summed E-state index contributed by atoms with van der Waals surface area (Å²) in [6.07, 6.45) is 0. The summed E-state index contributed by atoms with van der Waals surface area (Å²) in [7, 11) is 0. The summed E-state index contributed by atoms with van der Waals surface area (Å²) in [6, 6.07) is 4.69. The highest BCUT2D eigenvalue weighted by Crippen LogP contribution is 2.30. The molecule has 72 valence electrons. The second-order valence-corrected chi connectivity index (χ2v) is 3.11. The Morgan fingerprint density at radius 3 is 2.46 bits per heavy atom. The lowest BCUT2D eigenvalue weighted by Gasteiger charge is -2.17. The summed E-state index contributed by atoms with van der Waals surface area (Å²) in [5.74, 6) is -3.13. The normalized spacial score (nSPS) is 11.8. The summed E-state index contributed by atoms with van der Waals surface area (Å²) in [5, 5.41) is 8.51. The Morgan fingerprint density at radius 2 is 1.92 bits per heavy atom. The van der Waals surface area contributed by atoms with E-state index in [1.165, 1.54) is 6.07 Å². The van der Waals surface area contributed by atoms with Crippen molar-refractivity contribution in [3.05, 3.63) is 34.9 Å². The zero-order chi connectivity index (χ0) is 10.1. The molecule has 0 fully saturated rings. The van der Waals surface area contributed by atoms with Gasteiger partial charge in [0.2, 0.25) is 0 Å². The SMILES string of the molecule is Cc1cccc(C(F)(F)CO)c1C. The predicted octanol–water partition coefficient (Wildman–Crippen LogP) is 2.39. The predicted molar refractivity (Wildman–Crippen MR) is 46.9 cm³/mol. The van der Waals surface area contributed by atoms with E-state index < -0.39 is 12.5 Å². The van der Waals surface area contributed by atoms with Crippen LogP contribution in [0.4, 0.5) is 8.78 Å². The Morgan fingerprint density at radius 1 is 1.31 bits per heavy atom. The minimum atomic E-state index is -3.13. The van der Waals surface area contributed by atoms with Crippen molar-refractivity contribution in [2.24, 2.45) is 0 Å². The molecule has 0 aliphatic heterocycles. The first-order valence-corrected chi connectivity index (χ1v) is 4.04. The summed E-state index contributed by atoms with van der Waals surface area (Å²) >= 11 is 0. The third-order valence-corrected chi connectivity index (χ3v) is 2.20. The number of aliphatic hydroxyl groups excluding tert-OH is 1. The van der Waals surface area contributed by atoms with E-state index in [4.69, 9.17) is 5.11 Å². The Bertz CT molecular complexity index is 308. The quantitative estimate of drug-likeness (QED) is 0.751. The van der Waals surface area contributed by atoms with E-state index >= 15 is 0 Å². The molecule has 0 aromatic heterocycles. The van der Waals surface area contributed by atoms with Gasteiger partial charge in [-0.25, -0.2) is 0 Å². The number of alkyl halides is 2. The van der Waals surface area contributed by atoms with E-state index in [1.54, 1.807) is 26.0 Å². The lowest BCUT2D eigenvalue weighted by atomic mass is 9.99. The first kappa shape index (κ1) is 10.1. The van der Waals surface area contributed by atoms with Crippen molar-refractivity contribution >= 4 is 0 Å². The molecule has 3 heteroatoms. The lowest BCUT2D eigenvalue weighted by Crippen LogP contribution is -2.20. The molecule has 0 spiro atoms. The van der Waals surface area contributed by atoms with Crippen molar-refractivity contribution < 1.29 is 13.9 Å². The van der Waals surface area contributed by atoms with Crippen molar-refractivity contribution in [2.45, 2.75) is 19.8 Å². The van der Waals surface area contributed by atoms with Gasteiger partial charge in [0.25, 0.3) is 5.92 Å². The molecule has 0 saturated carbocycles. The van der Waals surface area contributed by atoms with Crippen LogP contribution < -0.4 is 0 Å². The molecule has 13 heavy (non-hydrogen) atoms. The maximum Gasteiger partial charge on any atom is 0.296 e. The molecule has 1 aromatic carbocycles. The number of rotatable bonds is 2. The molecule has 0 bridgehead atoms. The molecule has 0 radical (unpaired) electrons. The van der Waals surface area contributed by atoms with Gasteiger partial charge in [-0.05, 0) is 25.0 Å². The fourth-order valence-corrected chi connectivity index (χ4v) is 1.23. The van der Waals surface area contributed by atoms with Gasteiger partial charge in [0.1, 0.15) is 6.61 Å². The molecule has 1 rings (SSSR count). The van der Waals surface area contributed by atoms with Crippen LogP contribution in [0.3, 0.4) is 0 Å². The Hall–Kier alpha value is -0.960. The van der Waals surface area contributed by atoms with E-state index in [2.05, 4.69) is 0 Å². The van der Waals surface area contributed by atoms with Gasteiger partial charge < -0.3 is 5.11 Å². The van der Waals surface area contributed by atoms with E-state index in [1.807, 2.05) is 0 Å². The van der Waals surface area contributed by atoms with Crippen LogP contribution in [0.5, 0.6) is 0 Å². The second-order valence-electron chi connectivity index (χ2n) is 3.11. The monoisotopic (exact) mass is 186 g/mol. The van der Waals surface area contributed by atoms with Crippen LogP contribution in [0.1, 0.15) is 16.7 Å². The van der Waals surface area contributed by atoms with Crippen molar-refractivity contribution in [3.8, 4) is 0 Å². The zero-order valence-corrected chi connectivity index (χ0v) is 7.64. The molecule has 0 amide bonds. The molecule has 0 atom stereocenters. The molecule has 1 nitrogen and oxygen atoms in total. The molecule has 0 heterocycles. The van der Waals surface area contributed by atoms with Crippen LogP contribution >= 0.6 is 0 Å². The maximum absolute atomic E-state index is 13.1. The maximum atomic E-state index is 13.1. The van der Waals surface area contributed by atoms with Crippen molar-refractivity contribution in [1.29, 1.82) is 0 Å². The topological polar surface area (TPSA) is 20.2 Å². The third kappa shape index (κ3) is 1.86. The summed E-state index contributed by atoms with van der Waals surface area (Å²) in [4.78, 5) is 0. The fraction of sp³-hybridized carbons (Fsp3) is 0.400. The van der Waals surface area contributed by atoms with Crippen molar-refractivity contribution in [1.82, 2.24) is 0 Å². The smallest absolute Gasteiger partial charge is 0.296 e. The van der Waals surface area contributed by atoms with E-state index in [-0.39, 0.29) is 5.56 Å². The van der Waals surface area contributed by atoms with Crippen LogP contribution in [0.2, 0.25) is 0 Å². The number of aliphatic hydroxyl groups is 1. The van der Waals surface area contributed by atoms with Crippen LogP contribution in [-0.2, 0) is 5.92 Å². The number of hydrogen-bond acceptors (Lipinski definition) is 1. The van der Waals surface area contributed by atoms with Gasteiger partial charge in [0.15, 0.2) is 0 Å². The Labute approximate surface area is 76.0 Å². The Balaban J connectivity index is 3.22. The van der Waals surface area contributed by atoms with Crippen molar-refractivity contribution in [2.75, 3.05) is 6.61 Å². The van der Waals surface area contributed by atoms with Gasteiger partial charge in [-0.1, -0.05) is 18.2 Å². The zero-order valence-electron chi connectivity index (χ0n) is 7.64. The summed E-state index contributed by atoms with van der Waals surface area (Å²) in [5.41, 5.74) is 1.27. The van der Waals surface area contributed by atoms with Gasteiger partial charge in [0, 0.05) is 5.56 Å². The highest BCUT2D eigenvalue weighted by Gasteiger charge is 2.32. The molecular formula is C10H12F2O. The highest BCUT2D eigenvalue weighted by atomic mass is 19.3. The van der Waals surface area contributed by atoms with E-state index in [0.29, 0.717) is 5.56 Å². The minimum absolute atomic E-state index is 0.0880. The standard InChI is InChI=1S/C10H12F2O/c1-7-4-3-5-9(8(7)2)10(11,12)6-13/h3-5,13H,6H2,1-2H3. The van der Waals surface area contributed by atoms with E-state index in [0.717, 1.165) is 5.56 Å². The molecule has 1 aromatic rings. The second kappa shape index (κ2) is 3.42. The van der Waals surface area contributed by atoms with Gasteiger partial charge in [-0.15, -0.1) is 0 Å². The molecule has 0 aliphatic carbocycles. The molecule has 0 unspecified atom stereocenters. The van der Waals surface area contributed by atoms with Crippen LogP contribution in [-0.4, -0.2) is 11.7 Å². The summed E-state index contributed by atoms with van der Waals surface area (Å²) in [6.45, 7) is 2.26. The molecule has 0 saturated heterocycles. The van der Waals surface area contributed by atoms with Gasteiger partial charge in [0.05, 0.1) is 0 Å². The minimum Gasteiger partial charge on any atom is -0.390 e.